The Morgan fingerprint density at radius 2 is 1.81 bits per heavy atom. The summed E-state index contributed by atoms with van der Waals surface area (Å²) in [5, 5.41) is 3.10. The molecule has 2 aromatic heterocycles. The van der Waals surface area contributed by atoms with E-state index in [9.17, 15) is 18.0 Å². The second kappa shape index (κ2) is 7.77. The van der Waals surface area contributed by atoms with Crippen molar-refractivity contribution in [2.45, 2.75) is 19.5 Å². The highest BCUT2D eigenvalue weighted by atomic mass is 19.4. The molecule has 0 spiro atoms. The molecule has 1 amide bonds. The molecule has 1 fully saturated rings. The first-order chi connectivity index (χ1) is 12.8. The van der Waals surface area contributed by atoms with E-state index in [0.717, 1.165) is 5.56 Å². The second-order valence-electron chi connectivity index (χ2n) is 6.26. The normalized spacial score (nSPS) is 15.0. The zero-order valence-corrected chi connectivity index (χ0v) is 14.7. The number of carbonyl (C=O) groups excluding carboxylic acids is 1. The molecule has 0 unspecified atom stereocenters. The van der Waals surface area contributed by atoms with Crippen molar-refractivity contribution in [1.82, 2.24) is 19.9 Å². The predicted octanol–water partition coefficient (Wildman–Crippen LogP) is 2.52. The van der Waals surface area contributed by atoms with Crippen LogP contribution in [0.2, 0.25) is 0 Å². The molecular weight excluding hydrogens is 361 g/mol. The lowest BCUT2D eigenvalue weighted by atomic mass is 10.2. The molecule has 144 valence electrons. The minimum Gasteiger partial charge on any atom is -0.353 e. The van der Waals surface area contributed by atoms with Crippen molar-refractivity contribution in [1.29, 1.82) is 0 Å². The Hall–Kier alpha value is -2.91. The minimum atomic E-state index is -4.48. The van der Waals surface area contributed by atoms with Crippen molar-refractivity contribution in [2.75, 3.05) is 36.4 Å². The van der Waals surface area contributed by atoms with Crippen LogP contribution in [0.4, 0.5) is 30.6 Å². The number of rotatable bonds is 4. The number of hydrogen-bond donors (Lipinski definition) is 1. The Balaban J connectivity index is 1.61. The highest BCUT2D eigenvalue weighted by molar-refractivity contribution is 5.77. The number of pyridine rings is 1. The summed E-state index contributed by atoms with van der Waals surface area (Å²) in [6.45, 7) is 3.21. The average Bonchev–Trinajstić information content (AvgIpc) is 2.61. The van der Waals surface area contributed by atoms with E-state index in [4.69, 9.17) is 0 Å². The number of piperazine rings is 1. The van der Waals surface area contributed by atoms with E-state index in [2.05, 4.69) is 20.3 Å². The average molecular weight is 380 g/mol. The van der Waals surface area contributed by atoms with Gasteiger partial charge in [0.1, 0.15) is 30.2 Å². The van der Waals surface area contributed by atoms with Crippen molar-refractivity contribution < 1.29 is 18.0 Å². The molecule has 0 aromatic carbocycles. The Labute approximate surface area is 154 Å². The minimum absolute atomic E-state index is 0.223. The number of amides is 1. The summed E-state index contributed by atoms with van der Waals surface area (Å²) in [5.74, 6) is 0.969. The van der Waals surface area contributed by atoms with Gasteiger partial charge in [-0.3, -0.25) is 4.79 Å². The standard InChI is InChI=1S/C17H19F3N6O/c1-12-2-3-21-13(8-12)24-14-9-15(23-11-22-14)25-4-6-26(7-5-25)16(27)10-17(18,19)20/h2-3,8-9,11H,4-7,10H2,1H3,(H,21,22,23,24). The Kier molecular flexibility index (Phi) is 5.43. The van der Waals surface area contributed by atoms with E-state index < -0.39 is 18.5 Å². The summed E-state index contributed by atoms with van der Waals surface area (Å²) in [5.41, 5.74) is 1.06. The van der Waals surface area contributed by atoms with Crippen LogP contribution in [-0.4, -0.2) is 58.1 Å². The SMILES string of the molecule is Cc1ccnc(Nc2cc(N3CCN(C(=O)CC(F)(F)F)CC3)ncn2)c1. The number of nitrogens with one attached hydrogen (secondary N) is 1. The maximum Gasteiger partial charge on any atom is 0.397 e. The van der Waals surface area contributed by atoms with Gasteiger partial charge in [-0.15, -0.1) is 0 Å². The molecule has 7 nitrogen and oxygen atoms in total. The third kappa shape index (κ3) is 5.28. The number of halogens is 3. The van der Waals surface area contributed by atoms with E-state index in [-0.39, 0.29) is 13.1 Å². The molecule has 27 heavy (non-hydrogen) atoms. The predicted molar refractivity (Wildman–Crippen MR) is 93.8 cm³/mol. The van der Waals surface area contributed by atoms with Crippen LogP contribution in [0.5, 0.6) is 0 Å². The topological polar surface area (TPSA) is 74.2 Å². The lowest BCUT2D eigenvalue weighted by Crippen LogP contribution is -2.49. The highest BCUT2D eigenvalue weighted by Gasteiger charge is 2.34. The van der Waals surface area contributed by atoms with Gasteiger partial charge in [0, 0.05) is 38.4 Å². The molecule has 0 atom stereocenters. The molecule has 0 bridgehead atoms. The van der Waals surface area contributed by atoms with E-state index in [0.29, 0.717) is 30.5 Å². The number of carbonyl (C=O) groups is 1. The number of aromatic nitrogens is 3. The third-order valence-corrected chi connectivity index (χ3v) is 4.13. The van der Waals surface area contributed by atoms with Gasteiger partial charge in [-0.2, -0.15) is 13.2 Å². The van der Waals surface area contributed by atoms with E-state index in [1.165, 1.54) is 11.2 Å². The van der Waals surface area contributed by atoms with Crippen molar-refractivity contribution in [2.24, 2.45) is 0 Å². The summed E-state index contributed by atoms with van der Waals surface area (Å²) >= 11 is 0. The molecule has 1 aliphatic heterocycles. The van der Waals surface area contributed by atoms with E-state index in [1.807, 2.05) is 24.0 Å². The second-order valence-corrected chi connectivity index (χ2v) is 6.26. The Morgan fingerprint density at radius 3 is 2.48 bits per heavy atom. The lowest BCUT2D eigenvalue weighted by Gasteiger charge is -2.35. The quantitative estimate of drug-likeness (QED) is 0.879. The lowest BCUT2D eigenvalue weighted by molar-refractivity contribution is -0.161. The summed E-state index contributed by atoms with van der Waals surface area (Å²) in [7, 11) is 0. The number of anilines is 3. The van der Waals surface area contributed by atoms with Gasteiger partial charge in [0.05, 0.1) is 0 Å². The zero-order valence-electron chi connectivity index (χ0n) is 14.7. The van der Waals surface area contributed by atoms with Gasteiger partial charge in [0.2, 0.25) is 5.91 Å². The molecular formula is C17H19F3N6O. The van der Waals surface area contributed by atoms with Gasteiger partial charge < -0.3 is 15.1 Å². The molecule has 1 saturated heterocycles. The molecule has 0 aliphatic carbocycles. The van der Waals surface area contributed by atoms with Crippen molar-refractivity contribution in [3.63, 3.8) is 0 Å². The summed E-state index contributed by atoms with van der Waals surface area (Å²) in [4.78, 5) is 27.4. The monoisotopic (exact) mass is 380 g/mol. The van der Waals surface area contributed by atoms with Crippen LogP contribution < -0.4 is 10.2 Å². The third-order valence-electron chi connectivity index (χ3n) is 4.13. The first-order valence-corrected chi connectivity index (χ1v) is 8.41. The fourth-order valence-electron chi connectivity index (χ4n) is 2.79. The van der Waals surface area contributed by atoms with Crippen molar-refractivity contribution in [3.8, 4) is 0 Å². The zero-order chi connectivity index (χ0) is 19.4. The van der Waals surface area contributed by atoms with Crippen LogP contribution in [0.1, 0.15) is 12.0 Å². The largest absolute Gasteiger partial charge is 0.397 e. The maximum absolute atomic E-state index is 12.4. The van der Waals surface area contributed by atoms with Crippen molar-refractivity contribution >= 4 is 23.4 Å². The number of nitrogens with zero attached hydrogens (tertiary/aromatic N) is 5. The molecule has 3 heterocycles. The Morgan fingerprint density at radius 1 is 1.11 bits per heavy atom. The fourth-order valence-corrected chi connectivity index (χ4v) is 2.79. The number of aryl methyl sites for hydroxylation is 1. The van der Waals surface area contributed by atoms with Crippen LogP contribution in [0.25, 0.3) is 0 Å². The van der Waals surface area contributed by atoms with Gasteiger partial charge in [-0.1, -0.05) is 0 Å². The van der Waals surface area contributed by atoms with Gasteiger partial charge in [0.15, 0.2) is 0 Å². The van der Waals surface area contributed by atoms with Gasteiger partial charge in [0.25, 0.3) is 0 Å². The van der Waals surface area contributed by atoms with Crippen LogP contribution in [0.3, 0.4) is 0 Å². The first-order valence-electron chi connectivity index (χ1n) is 8.41. The van der Waals surface area contributed by atoms with Crippen molar-refractivity contribution in [3.05, 3.63) is 36.3 Å². The molecule has 3 rings (SSSR count). The Bertz CT molecular complexity index is 805. The van der Waals surface area contributed by atoms with Gasteiger partial charge in [-0.25, -0.2) is 15.0 Å². The summed E-state index contributed by atoms with van der Waals surface area (Å²) < 4.78 is 37.1. The molecule has 1 N–H and O–H groups in total. The first kappa shape index (κ1) is 18.9. The number of hydrogen-bond acceptors (Lipinski definition) is 6. The van der Waals surface area contributed by atoms with Crippen LogP contribution in [-0.2, 0) is 4.79 Å². The van der Waals surface area contributed by atoms with Crippen LogP contribution in [0.15, 0.2) is 30.7 Å². The molecule has 1 aliphatic rings. The molecule has 0 saturated carbocycles. The van der Waals surface area contributed by atoms with E-state index in [1.54, 1.807) is 12.3 Å². The van der Waals surface area contributed by atoms with Crippen LogP contribution in [0, 0.1) is 6.92 Å². The molecule has 0 radical (unpaired) electrons. The van der Waals surface area contributed by atoms with Crippen LogP contribution >= 0.6 is 0 Å². The summed E-state index contributed by atoms with van der Waals surface area (Å²) in [6, 6.07) is 5.51. The smallest absolute Gasteiger partial charge is 0.353 e. The summed E-state index contributed by atoms with van der Waals surface area (Å²) in [6.07, 6.45) is -2.80. The maximum atomic E-state index is 12.4. The number of alkyl halides is 3. The van der Waals surface area contributed by atoms with Gasteiger partial charge in [-0.05, 0) is 24.6 Å². The van der Waals surface area contributed by atoms with Gasteiger partial charge >= 0.3 is 6.18 Å². The fraction of sp³-hybridized carbons (Fsp3) is 0.412. The van der Waals surface area contributed by atoms with E-state index >= 15 is 0 Å². The highest BCUT2D eigenvalue weighted by Crippen LogP contribution is 2.22. The molecule has 10 heteroatoms. The molecule has 2 aromatic rings.